The van der Waals surface area contributed by atoms with Gasteiger partial charge < -0.3 is 25.2 Å². The van der Waals surface area contributed by atoms with E-state index in [-0.39, 0.29) is 43.9 Å². The number of fused-ring (bicyclic) bond motifs is 3. The molecule has 1 aliphatic heterocycles. The monoisotopic (exact) mass is 452 g/mol. The highest BCUT2D eigenvalue weighted by molar-refractivity contribution is 5.85. The van der Waals surface area contributed by atoms with Crippen LogP contribution in [0.3, 0.4) is 0 Å². The lowest BCUT2D eigenvalue weighted by Crippen LogP contribution is -2.67. The van der Waals surface area contributed by atoms with Gasteiger partial charge in [0.2, 0.25) is 5.91 Å². The number of benzene rings is 2. The average molecular weight is 453 g/mol. The maximum atomic E-state index is 12.2. The van der Waals surface area contributed by atoms with Crippen LogP contribution in [-0.2, 0) is 14.3 Å². The lowest BCUT2D eigenvalue weighted by molar-refractivity contribution is -0.182. The molecule has 1 saturated heterocycles. The van der Waals surface area contributed by atoms with Crippen LogP contribution in [0.5, 0.6) is 0 Å². The third-order valence-corrected chi connectivity index (χ3v) is 6.43. The Balaban J connectivity index is 1.19. The van der Waals surface area contributed by atoms with Crippen LogP contribution in [0.25, 0.3) is 11.1 Å². The van der Waals surface area contributed by atoms with Gasteiger partial charge in [0.15, 0.2) is 5.60 Å². The van der Waals surface area contributed by atoms with Crippen LogP contribution in [0.2, 0.25) is 0 Å². The largest absolute Gasteiger partial charge is 0.479 e. The van der Waals surface area contributed by atoms with Crippen molar-refractivity contribution in [2.24, 2.45) is 5.92 Å². The molecule has 4 rings (SSSR count). The summed E-state index contributed by atoms with van der Waals surface area (Å²) < 4.78 is 5.50. The molecule has 1 heterocycles. The molecular formula is C25H28N2O6. The van der Waals surface area contributed by atoms with Crippen molar-refractivity contribution >= 4 is 18.0 Å². The molecule has 2 amide bonds. The molecule has 2 aromatic carbocycles. The Morgan fingerprint density at radius 3 is 2.24 bits per heavy atom. The van der Waals surface area contributed by atoms with Crippen molar-refractivity contribution in [2.45, 2.75) is 31.3 Å². The SMILES string of the molecule is CC(CCNC(=O)OCC1c2ccccc2-c2ccccc21)CC(=O)N1CC(O)(C(=O)O)C1. The molecule has 174 valence electrons. The zero-order valence-electron chi connectivity index (χ0n) is 18.5. The Labute approximate surface area is 192 Å². The van der Waals surface area contributed by atoms with E-state index < -0.39 is 17.7 Å². The quantitative estimate of drug-likeness (QED) is 0.567. The van der Waals surface area contributed by atoms with Crippen LogP contribution >= 0.6 is 0 Å². The molecule has 0 spiro atoms. The van der Waals surface area contributed by atoms with E-state index in [1.165, 1.54) is 16.0 Å². The van der Waals surface area contributed by atoms with Crippen molar-refractivity contribution in [3.63, 3.8) is 0 Å². The Hall–Kier alpha value is -3.39. The smallest absolute Gasteiger partial charge is 0.407 e. The fourth-order valence-corrected chi connectivity index (χ4v) is 4.50. The highest BCUT2D eigenvalue weighted by Crippen LogP contribution is 2.44. The van der Waals surface area contributed by atoms with Gasteiger partial charge in [-0.25, -0.2) is 9.59 Å². The summed E-state index contributed by atoms with van der Waals surface area (Å²) in [5, 5.41) is 21.4. The van der Waals surface area contributed by atoms with E-state index >= 15 is 0 Å². The molecule has 0 bridgehead atoms. The third-order valence-electron chi connectivity index (χ3n) is 6.43. The first kappa shape index (κ1) is 22.8. The van der Waals surface area contributed by atoms with Gasteiger partial charge in [-0.15, -0.1) is 0 Å². The highest BCUT2D eigenvalue weighted by Gasteiger charge is 2.49. The van der Waals surface area contributed by atoms with Crippen molar-refractivity contribution < 1.29 is 29.3 Å². The number of carbonyl (C=O) groups excluding carboxylic acids is 2. The number of nitrogens with zero attached hydrogens (tertiary/aromatic N) is 1. The van der Waals surface area contributed by atoms with E-state index in [2.05, 4.69) is 29.6 Å². The number of alkyl carbamates (subject to hydrolysis) is 1. The highest BCUT2D eigenvalue weighted by atomic mass is 16.5. The molecule has 0 aromatic heterocycles. The summed E-state index contributed by atoms with van der Waals surface area (Å²) in [6, 6.07) is 16.3. The van der Waals surface area contributed by atoms with Gasteiger partial charge in [0.1, 0.15) is 6.61 Å². The number of likely N-dealkylation sites (tertiary alicyclic amines) is 1. The van der Waals surface area contributed by atoms with Crippen molar-refractivity contribution in [2.75, 3.05) is 26.2 Å². The lowest BCUT2D eigenvalue weighted by atomic mass is 9.92. The number of aliphatic carboxylic acids is 1. The topological polar surface area (TPSA) is 116 Å². The van der Waals surface area contributed by atoms with E-state index in [0.29, 0.717) is 13.0 Å². The number of rotatable bonds is 8. The fraction of sp³-hybridized carbons (Fsp3) is 0.400. The van der Waals surface area contributed by atoms with Gasteiger partial charge in [-0.05, 0) is 34.6 Å². The van der Waals surface area contributed by atoms with E-state index in [1.807, 2.05) is 31.2 Å². The molecular weight excluding hydrogens is 424 g/mol. The summed E-state index contributed by atoms with van der Waals surface area (Å²) in [6.07, 6.45) is 0.305. The van der Waals surface area contributed by atoms with Gasteiger partial charge in [-0.2, -0.15) is 0 Å². The second-order valence-corrected chi connectivity index (χ2v) is 8.94. The molecule has 8 heteroatoms. The molecule has 0 saturated carbocycles. The molecule has 1 atom stereocenters. The first-order chi connectivity index (χ1) is 15.8. The maximum Gasteiger partial charge on any atom is 0.407 e. The maximum absolute atomic E-state index is 12.2. The van der Waals surface area contributed by atoms with Gasteiger partial charge in [0, 0.05) is 18.9 Å². The van der Waals surface area contributed by atoms with Gasteiger partial charge in [-0.1, -0.05) is 55.5 Å². The first-order valence-corrected chi connectivity index (χ1v) is 11.1. The van der Waals surface area contributed by atoms with Crippen molar-refractivity contribution in [3.8, 4) is 11.1 Å². The molecule has 2 aromatic rings. The minimum Gasteiger partial charge on any atom is -0.479 e. The Morgan fingerprint density at radius 1 is 1.09 bits per heavy atom. The van der Waals surface area contributed by atoms with Crippen molar-refractivity contribution in [1.82, 2.24) is 10.2 Å². The number of carbonyl (C=O) groups is 3. The number of carboxylic acids is 1. The third kappa shape index (κ3) is 4.71. The van der Waals surface area contributed by atoms with Gasteiger partial charge in [0.25, 0.3) is 0 Å². The Bertz CT molecular complexity index is 1020. The lowest BCUT2D eigenvalue weighted by Gasteiger charge is -2.43. The molecule has 2 aliphatic rings. The summed E-state index contributed by atoms with van der Waals surface area (Å²) in [6.45, 7) is 2.12. The van der Waals surface area contributed by atoms with Crippen LogP contribution in [0, 0.1) is 5.92 Å². The molecule has 8 nitrogen and oxygen atoms in total. The minimum absolute atomic E-state index is 0.000619. The number of nitrogens with one attached hydrogen (secondary N) is 1. The Kier molecular flexibility index (Phi) is 6.37. The second-order valence-electron chi connectivity index (χ2n) is 8.94. The molecule has 3 N–H and O–H groups in total. The van der Waals surface area contributed by atoms with Crippen LogP contribution in [0.1, 0.15) is 36.8 Å². The van der Waals surface area contributed by atoms with Crippen LogP contribution in [-0.4, -0.2) is 64.9 Å². The minimum atomic E-state index is -1.83. The molecule has 1 fully saturated rings. The number of hydrogen-bond donors (Lipinski definition) is 3. The predicted molar refractivity (Wildman–Crippen MR) is 121 cm³/mol. The van der Waals surface area contributed by atoms with Gasteiger partial charge in [-0.3, -0.25) is 4.79 Å². The van der Waals surface area contributed by atoms with Gasteiger partial charge >= 0.3 is 12.1 Å². The summed E-state index contributed by atoms with van der Waals surface area (Å²) in [7, 11) is 0. The summed E-state index contributed by atoms with van der Waals surface area (Å²) in [5.74, 6) is -1.52. The number of amides is 2. The molecule has 33 heavy (non-hydrogen) atoms. The van der Waals surface area contributed by atoms with E-state index in [0.717, 1.165) is 11.1 Å². The van der Waals surface area contributed by atoms with Crippen LogP contribution < -0.4 is 5.32 Å². The van der Waals surface area contributed by atoms with Crippen molar-refractivity contribution in [1.29, 1.82) is 0 Å². The number of ether oxygens (including phenoxy) is 1. The summed E-state index contributed by atoms with van der Waals surface area (Å²) in [5.41, 5.74) is 2.82. The second kappa shape index (κ2) is 9.23. The summed E-state index contributed by atoms with van der Waals surface area (Å²) >= 11 is 0. The Morgan fingerprint density at radius 2 is 1.67 bits per heavy atom. The van der Waals surface area contributed by atoms with Gasteiger partial charge in [0.05, 0.1) is 13.1 Å². The standard InChI is InChI=1S/C25H28N2O6/c1-16(12-22(28)27-14-25(32,15-27)23(29)30)10-11-26-24(31)33-13-21-19-8-4-2-6-17(19)18-7-3-5-9-20(18)21/h2-9,16,21,32H,10-15H2,1H3,(H,26,31)(H,29,30). The number of β-amino-alcohol motifs (C(OH)–C–C–N with tert-alkyl or cyclic N) is 1. The first-order valence-electron chi connectivity index (χ1n) is 11.1. The normalized spacial score (nSPS) is 16.8. The number of carboxylic acid groups (broad SMARTS) is 1. The van der Waals surface area contributed by atoms with E-state index in [1.54, 1.807) is 0 Å². The molecule has 0 radical (unpaired) electrons. The van der Waals surface area contributed by atoms with Crippen LogP contribution in [0.4, 0.5) is 4.79 Å². The van der Waals surface area contributed by atoms with Crippen molar-refractivity contribution in [3.05, 3.63) is 59.7 Å². The fourth-order valence-electron chi connectivity index (χ4n) is 4.50. The number of aliphatic hydroxyl groups is 1. The molecule has 1 aliphatic carbocycles. The predicted octanol–water partition coefficient (Wildman–Crippen LogP) is 2.60. The average Bonchev–Trinajstić information content (AvgIpc) is 3.09. The number of hydrogen-bond acceptors (Lipinski definition) is 5. The zero-order chi connectivity index (χ0) is 23.6. The van der Waals surface area contributed by atoms with E-state index in [9.17, 15) is 19.5 Å². The van der Waals surface area contributed by atoms with E-state index in [4.69, 9.17) is 9.84 Å². The zero-order valence-corrected chi connectivity index (χ0v) is 18.5. The molecule has 1 unspecified atom stereocenters. The summed E-state index contributed by atoms with van der Waals surface area (Å²) in [4.78, 5) is 36.7. The van der Waals surface area contributed by atoms with Crippen LogP contribution in [0.15, 0.2) is 48.5 Å².